The van der Waals surface area contributed by atoms with Gasteiger partial charge in [0.1, 0.15) is 18.4 Å². The van der Waals surface area contributed by atoms with E-state index in [9.17, 15) is 4.39 Å². The Labute approximate surface area is 142 Å². The van der Waals surface area contributed by atoms with Crippen LogP contribution in [0.15, 0.2) is 70.5 Å². The van der Waals surface area contributed by atoms with E-state index in [0.29, 0.717) is 0 Å². The lowest BCUT2D eigenvalue weighted by Crippen LogP contribution is -2.52. The number of fused-ring (bicyclic) bond motifs is 6. The summed E-state index contributed by atoms with van der Waals surface area (Å²) in [7, 11) is 0. The van der Waals surface area contributed by atoms with Crippen LogP contribution in [0.5, 0.6) is 0 Å². The fourth-order valence-corrected chi connectivity index (χ4v) is 3.65. The Bertz CT molecular complexity index is 923. The second-order valence-corrected chi connectivity index (χ2v) is 6.28. The highest BCUT2D eigenvalue weighted by Crippen LogP contribution is 2.50. The van der Waals surface area contributed by atoms with Gasteiger partial charge in [-0.05, 0) is 30.3 Å². The third-order valence-electron chi connectivity index (χ3n) is 4.42. The first-order valence-electron chi connectivity index (χ1n) is 7.49. The summed E-state index contributed by atoms with van der Waals surface area (Å²) < 4.78 is 13.2. The summed E-state index contributed by atoms with van der Waals surface area (Å²) in [4.78, 5) is 8.91. The maximum absolute atomic E-state index is 13.3. The number of hydrazine groups is 1. The Balaban J connectivity index is 1.68. The summed E-state index contributed by atoms with van der Waals surface area (Å²) in [5.74, 6) is 0.503. The summed E-state index contributed by atoms with van der Waals surface area (Å²) in [6.45, 7) is 0. The first-order chi connectivity index (χ1) is 11.7. The van der Waals surface area contributed by atoms with Crippen LogP contribution in [-0.2, 0) is 0 Å². The second-order valence-electron chi connectivity index (χ2n) is 5.75. The molecular formula is C17H12ClFN5+. The van der Waals surface area contributed by atoms with Crippen molar-refractivity contribution in [1.29, 1.82) is 0 Å². The van der Waals surface area contributed by atoms with Crippen molar-refractivity contribution >= 4 is 35.8 Å². The molecule has 0 spiro atoms. The largest absolute Gasteiger partial charge is 0.273 e. The van der Waals surface area contributed by atoms with Crippen LogP contribution in [0.2, 0.25) is 0 Å². The maximum atomic E-state index is 13.3. The molecule has 0 saturated heterocycles. The molecule has 0 aromatic heterocycles. The highest BCUT2D eigenvalue weighted by Gasteiger charge is 2.53. The van der Waals surface area contributed by atoms with E-state index in [1.165, 1.54) is 12.1 Å². The van der Waals surface area contributed by atoms with Crippen LogP contribution in [0, 0.1) is 5.82 Å². The molecule has 2 atom stereocenters. The van der Waals surface area contributed by atoms with E-state index in [1.807, 2.05) is 34.3 Å². The highest BCUT2D eigenvalue weighted by atomic mass is 35.5. The van der Waals surface area contributed by atoms with Crippen LogP contribution >= 0.6 is 11.8 Å². The van der Waals surface area contributed by atoms with E-state index < -0.39 is 0 Å². The number of benzene rings is 2. The first-order valence-corrected chi connectivity index (χ1v) is 7.82. The number of nitrogens with zero attached hydrogens (tertiary/aromatic N) is 5. The van der Waals surface area contributed by atoms with Gasteiger partial charge in [0.05, 0.1) is 11.3 Å². The van der Waals surface area contributed by atoms with Gasteiger partial charge in [-0.1, -0.05) is 16.1 Å². The van der Waals surface area contributed by atoms with E-state index >= 15 is 0 Å². The SMILES string of the molecule is Fc1ccc(N2C=NC3c4ccccc4[N+]4(Cl)C=NC=C4N32)cc1. The summed E-state index contributed by atoms with van der Waals surface area (Å²) in [6, 6.07) is 14.2. The van der Waals surface area contributed by atoms with E-state index in [1.54, 1.807) is 31.0 Å². The van der Waals surface area contributed by atoms with Crippen molar-refractivity contribution in [3.63, 3.8) is 0 Å². The Morgan fingerprint density at radius 2 is 1.88 bits per heavy atom. The first kappa shape index (κ1) is 13.7. The van der Waals surface area contributed by atoms with Crippen molar-refractivity contribution in [3.05, 3.63) is 71.9 Å². The Kier molecular flexibility index (Phi) is 2.66. The van der Waals surface area contributed by atoms with Gasteiger partial charge in [-0.15, -0.1) is 0 Å². The van der Waals surface area contributed by atoms with Crippen molar-refractivity contribution in [2.45, 2.75) is 6.17 Å². The van der Waals surface area contributed by atoms with Crippen molar-refractivity contribution < 1.29 is 4.39 Å². The molecule has 2 aromatic carbocycles. The van der Waals surface area contributed by atoms with Gasteiger partial charge < -0.3 is 0 Å². The number of halogens is 2. The van der Waals surface area contributed by atoms with Crippen molar-refractivity contribution in [3.8, 4) is 0 Å². The van der Waals surface area contributed by atoms with Gasteiger partial charge in [-0.2, -0.15) is 5.01 Å². The predicted octanol–water partition coefficient (Wildman–Crippen LogP) is 3.91. The van der Waals surface area contributed by atoms with Gasteiger partial charge in [0.2, 0.25) is 6.34 Å². The molecule has 3 heterocycles. The zero-order valence-corrected chi connectivity index (χ0v) is 13.2. The van der Waals surface area contributed by atoms with E-state index in [-0.39, 0.29) is 16.0 Å². The van der Waals surface area contributed by atoms with Crippen molar-refractivity contribution in [1.82, 2.24) is 9.01 Å². The third kappa shape index (κ3) is 1.67. The minimum Gasteiger partial charge on any atom is -0.242 e. The molecule has 0 aliphatic carbocycles. The average molecular weight is 341 g/mol. The van der Waals surface area contributed by atoms with Crippen molar-refractivity contribution in [2.24, 2.45) is 9.98 Å². The predicted molar refractivity (Wildman–Crippen MR) is 92.6 cm³/mol. The number of hydrogen-bond donors (Lipinski definition) is 0. The molecule has 7 heteroatoms. The molecule has 0 radical (unpaired) electrons. The molecule has 0 amide bonds. The number of aliphatic imine (C=N–C) groups is 2. The molecular weight excluding hydrogens is 329 g/mol. The lowest BCUT2D eigenvalue weighted by molar-refractivity contribution is 0.249. The lowest BCUT2D eigenvalue weighted by Gasteiger charge is -2.41. The summed E-state index contributed by atoms with van der Waals surface area (Å²) in [5, 5.41) is 3.85. The average Bonchev–Trinajstić information content (AvgIpc) is 3.20. The van der Waals surface area contributed by atoms with Gasteiger partial charge in [-0.25, -0.2) is 19.4 Å². The van der Waals surface area contributed by atoms with Crippen LogP contribution in [0.3, 0.4) is 0 Å². The number of quaternary nitrogens is 1. The standard InChI is InChI=1S/C17H12ClFN5/c18-24-11-20-9-16(24)23-17(14-3-1-2-4-15(14)24)21-10-22(23)13-7-5-12(19)6-8-13/h1-11,17H/q+1. The summed E-state index contributed by atoms with van der Waals surface area (Å²) in [6.07, 6.45) is 4.94. The molecule has 3 aliphatic rings. The number of anilines is 1. The molecule has 0 bridgehead atoms. The van der Waals surface area contributed by atoms with Crippen LogP contribution in [0.4, 0.5) is 15.8 Å². The molecule has 3 aliphatic heterocycles. The number of para-hydroxylation sites is 1. The lowest BCUT2D eigenvalue weighted by atomic mass is 10.1. The summed E-state index contributed by atoms with van der Waals surface area (Å²) >= 11 is 6.88. The van der Waals surface area contributed by atoms with E-state index in [2.05, 4.69) is 9.98 Å². The van der Waals surface area contributed by atoms with Crippen LogP contribution in [-0.4, -0.2) is 17.7 Å². The normalized spacial score (nSPS) is 26.2. The number of rotatable bonds is 1. The Hall–Kier alpha value is -2.70. The second kappa shape index (κ2) is 4.66. The number of hydrogen-bond acceptors (Lipinski definition) is 4. The topological polar surface area (TPSA) is 31.2 Å². The molecule has 2 unspecified atom stereocenters. The zero-order valence-electron chi connectivity index (χ0n) is 12.4. The quantitative estimate of drug-likeness (QED) is 0.737. The van der Waals surface area contributed by atoms with Gasteiger partial charge in [0.25, 0.3) is 5.82 Å². The molecule has 0 saturated carbocycles. The Morgan fingerprint density at radius 3 is 2.71 bits per heavy atom. The maximum Gasteiger partial charge on any atom is 0.273 e. The van der Waals surface area contributed by atoms with Crippen molar-refractivity contribution in [2.75, 3.05) is 5.01 Å². The minimum atomic E-state index is -0.277. The van der Waals surface area contributed by atoms with E-state index in [0.717, 1.165) is 22.8 Å². The van der Waals surface area contributed by atoms with Gasteiger partial charge >= 0.3 is 0 Å². The molecule has 2 aromatic rings. The van der Waals surface area contributed by atoms with Gasteiger partial charge in [0, 0.05) is 6.07 Å². The molecule has 118 valence electrons. The molecule has 5 rings (SSSR count). The van der Waals surface area contributed by atoms with Crippen LogP contribution < -0.4 is 9.01 Å². The van der Waals surface area contributed by atoms with Crippen LogP contribution in [0.25, 0.3) is 0 Å². The van der Waals surface area contributed by atoms with E-state index in [4.69, 9.17) is 11.8 Å². The fourth-order valence-electron chi connectivity index (χ4n) is 3.33. The fraction of sp³-hybridized carbons (Fsp3) is 0.0588. The Morgan fingerprint density at radius 1 is 1.08 bits per heavy atom. The zero-order chi connectivity index (χ0) is 16.3. The monoisotopic (exact) mass is 340 g/mol. The third-order valence-corrected chi connectivity index (χ3v) is 4.86. The molecule has 24 heavy (non-hydrogen) atoms. The molecule has 0 fully saturated rings. The molecule has 0 N–H and O–H groups in total. The highest BCUT2D eigenvalue weighted by molar-refractivity contribution is 6.31. The summed E-state index contributed by atoms with van der Waals surface area (Å²) in [5.41, 5.74) is 2.75. The minimum absolute atomic E-state index is 0.0340. The molecule has 5 nitrogen and oxygen atoms in total. The van der Waals surface area contributed by atoms with Gasteiger partial charge in [0.15, 0.2) is 23.6 Å². The van der Waals surface area contributed by atoms with Gasteiger partial charge in [-0.3, -0.25) is 0 Å². The van der Waals surface area contributed by atoms with Crippen LogP contribution in [0.1, 0.15) is 11.7 Å². The smallest absolute Gasteiger partial charge is 0.242 e.